The van der Waals surface area contributed by atoms with Crippen LogP contribution in [0.2, 0.25) is 0 Å². The molecular weight excluding hydrogens is 939 g/mol. The lowest BCUT2D eigenvalue weighted by atomic mass is 9.98. The Kier molecular flexibility index (Phi) is 38.0. The van der Waals surface area contributed by atoms with E-state index in [1.807, 2.05) is 13.0 Å². The van der Waals surface area contributed by atoms with E-state index < -0.39 is 104 Å². The second kappa shape index (κ2) is 41.7. The normalized spacial score (nSPS) is 19.2. The van der Waals surface area contributed by atoms with Gasteiger partial charge in [-0.2, -0.15) is 0 Å². The van der Waals surface area contributed by atoms with E-state index in [-0.39, 0.29) is 6.42 Å². The van der Waals surface area contributed by atoms with Crippen LogP contribution in [0.25, 0.3) is 0 Å². The molecule has 0 aromatic carbocycles. The van der Waals surface area contributed by atoms with Crippen molar-refractivity contribution in [1.82, 2.24) is 5.32 Å². The highest BCUT2D eigenvalue weighted by molar-refractivity contribution is 5.83. The van der Waals surface area contributed by atoms with E-state index in [1.54, 1.807) is 6.08 Å². The lowest BCUT2D eigenvalue weighted by Crippen LogP contribution is -2.63. The van der Waals surface area contributed by atoms with Gasteiger partial charge in [-0.1, -0.05) is 166 Å². The van der Waals surface area contributed by atoms with Gasteiger partial charge in [0.2, 0.25) is 0 Å². The first kappa shape index (κ1) is 66.4. The molecule has 0 aromatic rings. The van der Waals surface area contributed by atoms with E-state index in [2.05, 4.69) is 37.4 Å². The van der Waals surface area contributed by atoms with Crippen molar-refractivity contribution in [2.75, 3.05) is 13.2 Å². The second-order valence-corrected chi connectivity index (χ2v) is 19.3. The summed E-state index contributed by atoms with van der Waals surface area (Å²) in [6, 6.07) is -1.17. The van der Waals surface area contributed by atoms with Crippen LogP contribution in [0.15, 0.2) is 36.0 Å². The van der Waals surface area contributed by atoms with Crippen LogP contribution in [0.1, 0.15) is 223 Å². The third-order valence-corrected chi connectivity index (χ3v) is 12.3. The molecule has 1 saturated heterocycles. The Morgan fingerprint density at radius 3 is 1.52 bits per heavy atom. The van der Waals surface area contributed by atoms with Gasteiger partial charge >= 0.3 is 35.8 Å². The van der Waals surface area contributed by atoms with Crippen molar-refractivity contribution in [3.05, 3.63) is 36.0 Å². The number of nitrogens with one attached hydrogen (secondary N) is 1. The molecular formula is C57H95NO15. The number of hydrogen-bond donors (Lipinski definition) is 1. The summed E-state index contributed by atoms with van der Waals surface area (Å²) in [5.74, 6) is -5.11. The van der Waals surface area contributed by atoms with Crippen molar-refractivity contribution in [3.63, 3.8) is 0 Å². The minimum Gasteiger partial charge on any atom is -0.463 e. The second-order valence-electron chi connectivity index (χ2n) is 19.3. The zero-order chi connectivity index (χ0) is 54.2. The van der Waals surface area contributed by atoms with Crippen LogP contribution in [0, 0.1) is 0 Å². The Bertz CT molecular complexity index is 1680. The number of carbonyl (C=O) groups excluding carboxylic acids is 7. The molecule has 8 atom stereocenters. The van der Waals surface area contributed by atoms with Crippen LogP contribution < -0.4 is 5.32 Å². The number of ether oxygens (including phenoxy) is 8. The van der Waals surface area contributed by atoms with E-state index in [1.165, 1.54) is 110 Å². The Labute approximate surface area is 438 Å². The molecule has 0 spiro atoms. The van der Waals surface area contributed by atoms with E-state index in [4.69, 9.17) is 37.9 Å². The van der Waals surface area contributed by atoms with E-state index in [0.29, 0.717) is 19.3 Å². The number of allylic oxidation sites excluding steroid dienone is 5. The van der Waals surface area contributed by atoms with Crippen molar-refractivity contribution >= 4 is 41.7 Å². The third kappa shape index (κ3) is 33.8. The fourth-order valence-electron chi connectivity index (χ4n) is 8.63. The summed E-state index contributed by atoms with van der Waals surface area (Å²) in [6.07, 6.45) is 27.7. The Morgan fingerprint density at radius 1 is 0.521 bits per heavy atom. The van der Waals surface area contributed by atoms with E-state index in [0.717, 1.165) is 71.8 Å². The van der Waals surface area contributed by atoms with Gasteiger partial charge in [-0.05, 0) is 51.5 Å². The molecule has 0 aliphatic carbocycles. The molecule has 1 fully saturated rings. The SMILES string of the molecule is CCCCCCC/C=C/C(C)=C/CC/C=C/[C@@H](OC(C)=O)[C@H](CO[C@@H]1O[C@H](COC(C)=O)[C@@H](OC(C)=O)[C@H](OC(C)=O)[C@H]1OC(C)=O)NC(=O)[C@@H](CCCCCCCCCCCCCCCCCC)OC(C)=O. The highest BCUT2D eigenvalue weighted by Gasteiger charge is 2.53. The lowest BCUT2D eigenvalue weighted by Gasteiger charge is -2.44. The molecule has 0 saturated carbocycles. The van der Waals surface area contributed by atoms with Crippen LogP contribution in [-0.4, -0.2) is 104 Å². The largest absolute Gasteiger partial charge is 0.463 e. The number of amides is 1. The minimum absolute atomic E-state index is 0.240. The molecule has 1 aliphatic rings. The van der Waals surface area contributed by atoms with Gasteiger partial charge in [0.05, 0.1) is 12.6 Å². The Hall–Kier alpha value is -4.57. The first-order valence-electron chi connectivity index (χ1n) is 27.6. The number of rotatable bonds is 41. The van der Waals surface area contributed by atoms with Gasteiger partial charge in [0.25, 0.3) is 5.91 Å². The molecule has 1 amide bonds. The fourth-order valence-corrected chi connectivity index (χ4v) is 8.63. The molecule has 0 unspecified atom stereocenters. The van der Waals surface area contributed by atoms with Crippen LogP contribution in [0.5, 0.6) is 0 Å². The smallest absolute Gasteiger partial charge is 0.303 e. The highest BCUT2D eigenvalue weighted by atomic mass is 16.7. The first-order valence-corrected chi connectivity index (χ1v) is 27.6. The molecule has 0 radical (unpaired) electrons. The van der Waals surface area contributed by atoms with Crippen molar-refractivity contribution in [2.24, 2.45) is 0 Å². The van der Waals surface area contributed by atoms with Crippen molar-refractivity contribution in [1.29, 1.82) is 0 Å². The quantitative estimate of drug-likeness (QED) is 0.0199. The lowest BCUT2D eigenvalue weighted by molar-refractivity contribution is -0.309. The molecule has 0 aromatic heterocycles. The average Bonchev–Trinajstić information content (AvgIpc) is 3.31. The van der Waals surface area contributed by atoms with Gasteiger partial charge in [0.1, 0.15) is 18.8 Å². The molecule has 418 valence electrons. The topological polar surface area (TPSA) is 205 Å². The standard InChI is InChI=1S/C57H95NO15/c1-10-12-14-16-18-19-20-21-22-23-24-25-26-28-30-34-39-51(69-45(6)61)56(65)58-49(50(68-44(5)60)38-35-31-33-37-42(3)36-32-29-27-17-15-13-11-2)40-67-57-55(72-48(9)64)54(71-47(8)63)53(70-46(7)62)52(73-57)41-66-43(4)59/h32,35-38,49-55,57H,10-31,33-34,39-41H2,1-9H3,(H,58,65)/b36-32+,38-35+,42-37+/t49-,50+,51+,52+,53+,54-,55+,57+/m0/s1. The summed E-state index contributed by atoms with van der Waals surface area (Å²) < 4.78 is 45.6. The molecule has 1 N–H and O–H groups in total. The molecule has 16 nitrogen and oxygen atoms in total. The van der Waals surface area contributed by atoms with Crippen molar-refractivity contribution < 1.29 is 71.5 Å². The maximum atomic E-state index is 14.2. The van der Waals surface area contributed by atoms with E-state index in [9.17, 15) is 33.6 Å². The van der Waals surface area contributed by atoms with Gasteiger partial charge in [-0.3, -0.25) is 33.6 Å². The number of esters is 6. The molecule has 1 rings (SSSR count). The van der Waals surface area contributed by atoms with E-state index >= 15 is 0 Å². The van der Waals surface area contributed by atoms with Crippen LogP contribution in [0.4, 0.5) is 0 Å². The zero-order valence-electron chi connectivity index (χ0n) is 46.2. The summed E-state index contributed by atoms with van der Waals surface area (Å²) in [4.78, 5) is 88.5. The van der Waals surface area contributed by atoms with Gasteiger partial charge in [-0.25, -0.2) is 0 Å². The monoisotopic (exact) mass is 1030 g/mol. The van der Waals surface area contributed by atoms with Crippen LogP contribution in [0.3, 0.4) is 0 Å². The number of hydrogen-bond acceptors (Lipinski definition) is 15. The zero-order valence-corrected chi connectivity index (χ0v) is 46.2. The van der Waals surface area contributed by atoms with Gasteiger partial charge in [0, 0.05) is 41.5 Å². The van der Waals surface area contributed by atoms with Crippen molar-refractivity contribution in [2.45, 2.75) is 272 Å². The Balaban J connectivity index is 3.34. The molecule has 0 bridgehead atoms. The van der Waals surface area contributed by atoms with Gasteiger partial charge in [-0.15, -0.1) is 0 Å². The maximum Gasteiger partial charge on any atom is 0.303 e. The minimum atomic E-state index is -1.59. The molecule has 16 heteroatoms. The number of unbranched alkanes of at least 4 members (excludes halogenated alkanes) is 21. The average molecular weight is 1030 g/mol. The molecule has 1 aliphatic heterocycles. The van der Waals surface area contributed by atoms with Gasteiger partial charge < -0.3 is 43.2 Å². The summed E-state index contributed by atoms with van der Waals surface area (Å²) in [5, 5.41) is 2.88. The first-order chi connectivity index (χ1) is 35.0. The molecule has 73 heavy (non-hydrogen) atoms. The predicted octanol–water partition coefficient (Wildman–Crippen LogP) is 11.3. The summed E-state index contributed by atoms with van der Waals surface area (Å²) in [6.45, 7) is 12.5. The third-order valence-electron chi connectivity index (χ3n) is 12.3. The van der Waals surface area contributed by atoms with Gasteiger partial charge in [0.15, 0.2) is 30.7 Å². The summed E-state index contributed by atoms with van der Waals surface area (Å²) >= 11 is 0. The maximum absolute atomic E-state index is 14.2. The Morgan fingerprint density at radius 2 is 1.01 bits per heavy atom. The summed E-state index contributed by atoms with van der Waals surface area (Å²) in [7, 11) is 0. The van der Waals surface area contributed by atoms with Crippen LogP contribution in [-0.2, 0) is 71.5 Å². The fraction of sp³-hybridized carbons (Fsp3) is 0.772. The predicted molar refractivity (Wildman–Crippen MR) is 280 cm³/mol. The van der Waals surface area contributed by atoms with Crippen molar-refractivity contribution in [3.8, 4) is 0 Å². The molecule has 1 heterocycles. The summed E-state index contributed by atoms with van der Waals surface area (Å²) in [5.41, 5.74) is 1.11. The number of carbonyl (C=O) groups is 7. The van der Waals surface area contributed by atoms with Crippen LogP contribution >= 0.6 is 0 Å². The highest BCUT2D eigenvalue weighted by Crippen LogP contribution is 2.30.